The minimum atomic E-state index is 0.480. The molecule has 146 valence electrons. The molecule has 30 heavy (non-hydrogen) atoms. The standard InChI is InChI=1S/C24H16BrN3OS/c25-19-8-6-17(7-9-19)23-16-30-24(28-23)18(14-26)15-27-20-10-12-22(13-11-20)29-21-4-2-1-3-5-21/h1-13,15-16,27H. The van der Waals surface area contributed by atoms with Crippen molar-refractivity contribution in [1.29, 1.82) is 5.26 Å². The van der Waals surface area contributed by atoms with Crippen molar-refractivity contribution >= 4 is 38.5 Å². The molecule has 4 rings (SSSR count). The van der Waals surface area contributed by atoms with Gasteiger partial charge in [-0.2, -0.15) is 5.26 Å². The molecule has 0 aliphatic carbocycles. The van der Waals surface area contributed by atoms with Crippen molar-refractivity contribution in [1.82, 2.24) is 4.98 Å². The molecular weight excluding hydrogens is 458 g/mol. The maximum absolute atomic E-state index is 9.56. The molecule has 0 radical (unpaired) electrons. The Hall–Kier alpha value is -3.40. The van der Waals surface area contributed by atoms with Crippen molar-refractivity contribution in [3.8, 4) is 28.8 Å². The van der Waals surface area contributed by atoms with Crippen LogP contribution in [0.15, 0.2) is 94.9 Å². The van der Waals surface area contributed by atoms with Crippen LogP contribution in [0.4, 0.5) is 5.69 Å². The van der Waals surface area contributed by atoms with Gasteiger partial charge in [-0.25, -0.2) is 4.98 Å². The van der Waals surface area contributed by atoms with Crippen LogP contribution in [0, 0.1) is 11.3 Å². The van der Waals surface area contributed by atoms with Gasteiger partial charge < -0.3 is 10.1 Å². The van der Waals surface area contributed by atoms with Crippen molar-refractivity contribution in [2.45, 2.75) is 0 Å². The molecule has 0 atom stereocenters. The van der Waals surface area contributed by atoms with Crippen molar-refractivity contribution < 1.29 is 4.74 Å². The van der Waals surface area contributed by atoms with Crippen LogP contribution in [0.25, 0.3) is 16.8 Å². The fourth-order valence-electron chi connectivity index (χ4n) is 2.69. The average molecular weight is 474 g/mol. The summed E-state index contributed by atoms with van der Waals surface area (Å²) in [6, 6.07) is 27.3. The third-order valence-electron chi connectivity index (χ3n) is 4.21. The Labute approximate surface area is 187 Å². The van der Waals surface area contributed by atoms with E-state index < -0.39 is 0 Å². The second-order valence-corrected chi connectivity index (χ2v) is 8.07. The average Bonchev–Trinajstić information content (AvgIpc) is 3.27. The molecule has 1 heterocycles. The first-order valence-corrected chi connectivity index (χ1v) is 10.8. The zero-order valence-electron chi connectivity index (χ0n) is 15.7. The Morgan fingerprint density at radius 1 is 0.967 bits per heavy atom. The van der Waals surface area contributed by atoms with E-state index in [2.05, 4.69) is 32.3 Å². The lowest BCUT2D eigenvalue weighted by Crippen LogP contribution is -1.91. The van der Waals surface area contributed by atoms with Crippen LogP contribution in [0.3, 0.4) is 0 Å². The molecule has 0 unspecified atom stereocenters. The second kappa shape index (κ2) is 9.40. The molecule has 4 nitrogen and oxygen atoms in total. The number of nitriles is 1. The van der Waals surface area contributed by atoms with Gasteiger partial charge in [0, 0.05) is 27.3 Å². The van der Waals surface area contributed by atoms with Gasteiger partial charge in [0.25, 0.3) is 0 Å². The first-order valence-electron chi connectivity index (χ1n) is 9.13. The number of hydrogen-bond acceptors (Lipinski definition) is 5. The molecule has 0 amide bonds. The summed E-state index contributed by atoms with van der Waals surface area (Å²) in [6.07, 6.45) is 1.68. The third-order valence-corrected chi connectivity index (χ3v) is 5.62. The highest BCUT2D eigenvalue weighted by molar-refractivity contribution is 9.10. The van der Waals surface area contributed by atoms with E-state index in [1.807, 2.05) is 84.2 Å². The highest BCUT2D eigenvalue weighted by Crippen LogP contribution is 2.27. The molecule has 3 aromatic carbocycles. The van der Waals surface area contributed by atoms with Gasteiger partial charge in [0.05, 0.1) is 5.69 Å². The van der Waals surface area contributed by atoms with Gasteiger partial charge in [0.2, 0.25) is 0 Å². The number of benzene rings is 3. The minimum Gasteiger partial charge on any atom is -0.457 e. The molecule has 6 heteroatoms. The van der Waals surface area contributed by atoms with Crippen molar-refractivity contribution in [3.63, 3.8) is 0 Å². The van der Waals surface area contributed by atoms with Crippen LogP contribution >= 0.6 is 27.3 Å². The first-order chi connectivity index (χ1) is 14.7. The number of thiazole rings is 1. The molecule has 4 aromatic rings. The Bertz CT molecular complexity index is 1190. The van der Waals surface area contributed by atoms with Crippen LogP contribution in [-0.4, -0.2) is 4.98 Å². The lowest BCUT2D eigenvalue weighted by atomic mass is 10.2. The van der Waals surface area contributed by atoms with Gasteiger partial charge in [-0.05, 0) is 48.5 Å². The summed E-state index contributed by atoms with van der Waals surface area (Å²) in [5, 5.41) is 15.4. The van der Waals surface area contributed by atoms with Crippen LogP contribution in [-0.2, 0) is 0 Å². The van der Waals surface area contributed by atoms with Gasteiger partial charge in [-0.3, -0.25) is 0 Å². The van der Waals surface area contributed by atoms with E-state index in [1.165, 1.54) is 11.3 Å². The number of nitrogens with one attached hydrogen (secondary N) is 1. The molecule has 1 aromatic heterocycles. The van der Waals surface area contributed by atoms with E-state index in [1.54, 1.807) is 6.20 Å². The summed E-state index contributed by atoms with van der Waals surface area (Å²) >= 11 is 4.88. The van der Waals surface area contributed by atoms with Crippen LogP contribution < -0.4 is 10.1 Å². The van der Waals surface area contributed by atoms with Gasteiger partial charge >= 0.3 is 0 Å². The number of allylic oxidation sites excluding steroid dienone is 1. The summed E-state index contributed by atoms with van der Waals surface area (Å²) in [5.74, 6) is 1.53. The topological polar surface area (TPSA) is 57.9 Å². The quantitative estimate of drug-likeness (QED) is 0.297. The number of rotatable bonds is 6. The monoisotopic (exact) mass is 473 g/mol. The number of anilines is 1. The van der Waals surface area contributed by atoms with Gasteiger partial charge in [-0.15, -0.1) is 11.3 Å². The van der Waals surface area contributed by atoms with E-state index in [-0.39, 0.29) is 0 Å². The SMILES string of the molecule is N#CC(=CNc1ccc(Oc2ccccc2)cc1)c1nc(-c2ccc(Br)cc2)cs1. The van der Waals surface area contributed by atoms with E-state index in [9.17, 15) is 5.26 Å². The predicted octanol–water partition coefficient (Wildman–Crippen LogP) is 7.34. The molecule has 0 bridgehead atoms. The number of halogens is 1. The lowest BCUT2D eigenvalue weighted by molar-refractivity contribution is 0.483. The van der Waals surface area contributed by atoms with E-state index in [0.717, 1.165) is 32.9 Å². The van der Waals surface area contributed by atoms with E-state index in [0.29, 0.717) is 10.6 Å². The summed E-state index contributed by atoms with van der Waals surface area (Å²) < 4.78 is 6.81. The third kappa shape index (κ3) is 4.95. The number of nitrogens with zero attached hydrogens (tertiary/aromatic N) is 2. The number of para-hydroxylation sites is 1. The van der Waals surface area contributed by atoms with Crippen molar-refractivity contribution in [2.75, 3.05) is 5.32 Å². The van der Waals surface area contributed by atoms with Gasteiger partial charge in [0.1, 0.15) is 28.1 Å². The molecule has 0 fully saturated rings. The van der Waals surface area contributed by atoms with Crippen molar-refractivity contribution in [3.05, 3.63) is 99.9 Å². The van der Waals surface area contributed by atoms with Crippen LogP contribution in [0.1, 0.15) is 5.01 Å². The maximum atomic E-state index is 9.56. The minimum absolute atomic E-state index is 0.480. The Morgan fingerprint density at radius 3 is 2.37 bits per heavy atom. The fraction of sp³-hybridized carbons (Fsp3) is 0. The molecule has 0 spiro atoms. The molecular formula is C24H16BrN3OS. The van der Waals surface area contributed by atoms with E-state index in [4.69, 9.17) is 4.74 Å². The Kier molecular flexibility index (Phi) is 6.23. The molecule has 1 N–H and O–H groups in total. The van der Waals surface area contributed by atoms with Crippen LogP contribution in [0.5, 0.6) is 11.5 Å². The molecule has 0 aliphatic heterocycles. The largest absolute Gasteiger partial charge is 0.457 e. The number of ether oxygens (including phenoxy) is 1. The van der Waals surface area contributed by atoms with E-state index >= 15 is 0 Å². The predicted molar refractivity (Wildman–Crippen MR) is 125 cm³/mol. The van der Waals surface area contributed by atoms with Gasteiger partial charge in [0.15, 0.2) is 0 Å². The second-order valence-electron chi connectivity index (χ2n) is 6.30. The number of aromatic nitrogens is 1. The Balaban J connectivity index is 1.45. The highest BCUT2D eigenvalue weighted by atomic mass is 79.9. The smallest absolute Gasteiger partial charge is 0.136 e. The fourth-order valence-corrected chi connectivity index (χ4v) is 3.75. The Morgan fingerprint density at radius 2 is 1.67 bits per heavy atom. The lowest BCUT2D eigenvalue weighted by Gasteiger charge is -2.07. The summed E-state index contributed by atoms with van der Waals surface area (Å²) in [5.41, 5.74) is 3.20. The summed E-state index contributed by atoms with van der Waals surface area (Å²) in [6.45, 7) is 0. The molecule has 0 saturated carbocycles. The summed E-state index contributed by atoms with van der Waals surface area (Å²) in [4.78, 5) is 4.61. The zero-order valence-corrected chi connectivity index (χ0v) is 18.2. The van der Waals surface area contributed by atoms with Crippen LogP contribution in [0.2, 0.25) is 0 Å². The zero-order chi connectivity index (χ0) is 20.8. The first kappa shape index (κ1) is 19.9. The highest BCUT2D eigenvalue weighted by Gasteiger charge is 2.09. The number of hydrogen-bond donors (Lipinski definition) is 1. The maximum Gasteiger partial charge on any atom is 0.136 e. The normalized spacial score (nSPS) is 11.0. The molecule has 0 saturated heterocycles. The van der Waals surface area contributed by atoms with Crippen molar-refractivity contribution in [2.24, 2.45) is 0 Å². The summed E-state index contributed by atoms with van der Waals surface area (Å²) in [7, 11) is 0. The molecule has 0 aliphatic rings. The van der Waals surface area contributed by atoms with Gasteiger partial charge in [-0.1, -0.05) is 46.3 Å².